The first-order valence-corrected chi connectivity index (χ1v) is 6.66. The molecular weight excluding hydrogens is 234 g/mol. The topological polar surface area (TPSA) is 83.9 Å². The maximum absolute atomic E-state index is 11.8. The summed E-state index contributed by atoms with van der Waals surface area (Å²) in [5, 5.41) is 8.68. The number of nitrogens with zero attached hydrogens (tertiary/aromatic N) is 1. The van der Waals surface area contributed by atoms with Crippen molar-refractivity contribution in [3.63, 3.8) is 0 Å². The number of hydrogen-bond acceptors (Lipinski definition) is 4. The Bertz CT molecular complexity index is 314. The largest absolute Gasteiger partial charge is 0.480 e. The highest BCUT2D eigenvalue weighted by molar-refractivity contribution is 7.89. The van der Waals surface area contributed by atoms with Gasteiger partial charge in [0.05, 0.1) is 12.4 Å². The van der Waals surface area contributed by atoms with Gasteiger partial charge in [-0.3, -0.25) is 4.79 Å². The molecule has 1 atom stereocenters. The van der Waals surface area contributed by atoms with Gasteiger partial charge in [-0.2, -0.15) is 4.31 Å². The Morgan fingerprint density at radius 1 is 1.50 bits per heavy atom. The van der Waals surface area contributed by atoms with Crippen molar-refractivity contribution in [1.82, 2.24) is 4.31 Å². The molecule has 0 aliphatic carbocycles. The third-order valence-corrected chi connectivity index (χ3v) is 4.16. The summed E-state index contributed by atoms with van der Waals surface area (Å²) >= 11 is 0. The Morgan fingerprint density at radius 2 is 2.06 bits per heavy atom. The monoisotopic (exact) mass is 253 g/mol. The average molecular weight is 253 g/mol. The van der Waals surface area contributed by atoms with E-state index in [0.717, 1.165) is 4.31 Å². The van der Waals surface area contributed by atoms with Crippen molar-refractivity contribution in [2.45, 2.75) is 26.3 Å². The van der Waals surface area contributed by atoms with Gasteiger partial charge in [0.2, 0.25) is 10.0 Å². The van der Waals surface area contributed by atoms with E-state index in [1.54, 1.807) is 6.92 Å². The van der Waals surface area contributed by atoms with Crippen molar-refractivity contribution in [2.75, 3.05) is 26.0 Å². The number of carboxylic acid groups (broad SMARTS) is 1. The minimum atomic E-state index is -3.56. The summed E-state index contributed by atoms with van der Waals surface area (Å²) in [5.74, 6) is -1.34. The van der Waals surface area contributed by atoms with Crippen LogP contribution >= 0.6 is 0 Å². The lowest BCUT2D eigenvalue weighted by atomic mass is 10.2. The van der Waals surface area contributed by atoms with E-state index in [2.05, 4.69) is 0 Å². The molecule has 0 aromatic carbocycles. The number of sulfonamides is 1. The average Bonchev–Trinajstić information content (AvgIpc) is 2.21. The predicted octanol–water partition coefficient (Wildman–Crippen LogP) is 0.148. The molecule has 0 fully saturated rings. The fourth-order valence-corrected chi connectivity index (χ4v) is 2.79. The molecular formula is C9H19NO5S. The van der Waals surface area contributed by atoms with E-state index in [-0.39, 0.29) is 18.4 Å². The lowest BCUT2D eigenvalue weighted by Gasteiger charge is -2.25. The first-order valence-electron chi connectivity index (χ1n) is 5.05. The molecule has 1 N–H and O–H groups in total. The number of hydrogen-bond donors (Lipinski definition) is 1. The van der Waals surface area contributed by atoms with Gasteiger partial charge in [0.15, 0.2) is 0 Å². The Balaban J connectivity index is 4.79. The summed E-state index contributed by atoms with van der Waals surface area (Å²) in [6, 6.07) is -0.321. The zero-order valence-corrected chi connectivity index (χ0v) is 10.7. The summed E-state index contributed by atoms with van der Waals surface area (Å²) in [4.78, 5) is 10.6. The molecule has 0 saturated heterocycles. The van der Waals surface area contributed by atoms with E-state index < -0.39 is 22.5 Å². The van der Waals surface area contributed by atoms with Crippen LogP contribution < -0.4 is 0 Å². The molecule has 0 saturated carbocycles. The Kier molecular flexibility index (Phi) is 6.54. The summed E-state index contributed by atoms with van der Waals surface area (Å²) in [7, 11) is -2.16. The molecule has 0 aromatic heterocycles. The first-order chi connectivity index (χ1) is 7.35. The second kappa shape index (κ2) is 6.82. The van der Waals surface area contributed by atoms with Gasteiger partial charge in [-0.15, -0.1) is 0 Å². The van der Waals surface area contributed by atoms with Crippen molar-refractivity contribution in [1.29, 1.82) is 0 Å². The number of ether oxygens (including phenoxy) is 1. The standard InChI is InChI=1S/C9H19NO5S/c1-4-8(2)10(7-9(11)12)16(13,14)6-5-15-3/h8H,4-7H2,1-3H3,(H,11,12). The predicted molar refractivity (Wildman–Crippen MR) is 59.8 cm³/mol. The fourth-order valence-electron chi connectivity index (χ4n) is 1.17. The quantitative estimate of drug-likeness (QED) is 0.665. The van der Waals surface area contributed by atoms with E-state index in [0.29, 0.717) is 6.42 Å². The fraction of sp³-hybridized carbons (Fsp3) is 0.889. The molecule has 16 heavy (non-hydrogen) atoms. The third-order valence-electron chi connectivity index (χ3n) is 2.28. The smallest absolute Gasteiger partial charge is 0.318 e. The second-order valence-electron chi connectivity index (χ2n) is 3.51. The number of carbonyl (C=O) groups is 1. The van der Waals surface area contributed by atoms with Crippen molar-refractivity contribution >= 4 is 16.0 Å². The van der Waals surface area contributed by atoms with Crippen LogP contribution in [0, 0.1) is 0 Å². The Hall–Kier alpha value is -0.660. The van der Waals surface area contributed by atoms with Gasteiger partial charge >= 0.3 is 5.97 Å². The van der Waals surface area contributed by atoms with E-state index >= 15 is 0 Å². The number of aliphatic carboxylic acids is 1. The van der Waals surface area contributed by atoms with Crippen LogP contribution in [0.3, 0.4) is 0 Å². The summed E-state index contributed by atoms with van der Waals surface area (Å²) < 4.78 is 29.3. The maximum atomic E-state index is 11.8. The van der Waals surface area contributed by atoms with Crippen molar-refractivity contribution in [3.05, 3.63) is 0 Å². The molecule has 96 valence electrons. The van der Waals surface area contributed by atoms with E-state index in [9.17, 15) is 13.2 Å². The van der Waals surface area contributed by atoms with Crippen LogP contribution in [0.25, 0.3) is 0 Å². The second-order valence-corrected chi connectivity index (χ2v) is 5.55. The van der Waals surface area contributed by atoms with Crippen molar-refractivity contribution in [3.8, 4) is 0 Å². The molecule has 0 aliphatic heterocycles. The van der Waals surface area contributed by atoms with Crippen molar-refractivity contribution in [2.24, 2.45) is 0 Å². The normalized spacial score (nSPS) is 14.0. The molecule has 0 bridgehead atoms. The number of carboxylic acids is 1. The van der Waals surface area contributed by atoms with Gasteiger partial charge in [-0.05, 0) is 13.3 Å². The van der Waals surface area contributed by atoms with Crippen LogP contribution in [-0.2, 0) is 19.6 Å². The van der Waals surface area contributed by atoms with Gasteiger partial charge in [-0.25, -0.2) is 8.42 Å². The summed E-state index contributed by atoms with van der Waals surface area (Å²) in [5.41, 5.74) is 0. The number of rotatable bonds is 8. The van der Waals surface area contributed by atoms with Crippen LogP contribution in [0.5, 0.6) is 0 Å². The number of methoxy groups -OCH3 is 1. The minimum absolute atomic E-state index is 0.0644. The van der Waals surface area contributed by atoms with Crippen LogP contribution in [0.2, 0.25) is 0 Å². The van der Waals surface area contributed by atoms with E-state index in [1.165, 1.54) is 7.11 Å². The van der Waals surface area contributed by atoms with E-state index in [4.69, 9.17) is 9.84 Å². The highest BCUT2D eigenvalue weighted by Crippen LogP contribution is 2.10. The lowest BCUT2D eigenvalue weighted by Crippen LogP contribution is -2.43. The SMILES string of the molecule is CCC(C)N(CC(=O)O)S(=O)(=O)CCOC. The molecule has 0 amide bonds. The molecule has 0 spiro atoms. The van der Waals surface area contributed by atoms with Gasteiger partial charge in [0, 0.05) is 13.2 Å². The van der Waals surface area contributed by atoms with Crippen LogP contribution in [0.4, 0.5) is 0 Å². The molecule has 0 aromatic rings. The lowest BCUT2D eigenvalue weighted by molar-refractivity contribution is -0.137. The van der Waals surface area contributed by atoms with Gasteiger partial charge in [-0.1, -0.05) is 6.92 Å². The third kappa shape index (κ3) is 4.91. The van der Waals surface area contributed by atoms with Crippen molar-refractivity contribution < 1.29 is 23.1 Å². The molecule has 0 radical (unpaired) electrons. The molecule has 0 aliphatic rings. The van der Waals surface area contributed by atoms with Gasteiger partial charge in [0.1, 0.15) is 6.54 Å². The van der Waals surface area contributed by atoms with Crippen LogP contribution in [-0.4, -0.2) is 55.9 Å². The Morgan fingerprint density at radius 3 is 2.44 bits per heavy atom. The molecule has 6 nitrogen and oxygen atoms in total. The summed E-state index contributed by atoms with van der Waals surface area (Å²) in [6.45, 7) is 3.06. The zero-order valence-electron chi connectivity index (χ0n) is 9.84. The first kappa shape index (κ1) is 15.3. The van der Waals surface area contributed by atoms with Crippen LogP contribution in [0.1, 0.15) is 20.3 Å². The molecule has 7 heteroatoms. The molecule has 1 unspecified atom stereocenters. The Labute approximate surface area is 96.2 Å². The van der Waals surface area contributed by atoms with Gasteiger partial charge < -0.3 is 9.84 Å². The molecule has 0 heterocycles. The van der Waals surface area contributed by atoms with Crippen LogP contribution in [0.15, 0.2) is 0 Å². The minimum Gasteiger partial charge on any atom is -0.480 e. The van der Waals surface area contributed by atoms with E-state index in [1.807, 2.05) is 6.92 Å². The summed E-state index contributed by atoms with van der Waals surface area (Å²) in [6.07, 6.45) is 0.569. The van der Waals surface area contributed by atoms with Gasteiger partial charge in [0.25, 0.3) is 0 Å². The highest BCUT2D eigenvalue weighted by Gasteiger charge is 2.27. The molecule has 0 rings (SSSR count). The zero-order chi connectivity index (χ0) is 12.8. The highest BCUT2D eigenvalue weighted by atomic mass is 32.2. The maximum Gasteiger partial charge on any atom is 0.318 e.